The Morgan fingerprint density at radius 1 is 1.15 bits per heavy atom. The Hall–Kier alpha value is -1.58. The van der Waals surface area contributed by atoms with E-state index in [2.05, 4.69) is 6.58 Å². The van der Waals surface area contributed by atoms with Gasteiger partial charge in [-0.1, -0.05) is 38.7 Å². The zero-order chi connectivity index (χ0) is 15.1. The molecule has 20 heavy (non-hydrogen) atoms. The van der Waals surface area contributed by atoms with E-state index in [4.69, 9.17) is 0 Å². The lowest BCUT2D eigenvalue weighted by molar-refractivity contribution is 0.429. The molecule has 1 aliphatic carbocycles. The molecule has 0 heterocycles. The van der Waals surface area contributed by atoms with E-state index in [0.29, 0.717) is 0 Å². The molecule has 1 saturated carbocycles. The summed E-state index contributed by atoms with van der Waals surface area (Å²) in [4.78, 5) is 0. The number of benzene rings is 1. The van der Waals surface area contributed by atoms with Gasteiger partial charge in [0.2, 0.25) is 0 Å². The molecule has 0 unspecified atom stereocenters. The molecule has 2 rings (SSSR count). The Balaban J connectivity index is 2.28. The van der Waals surface area contributed by atoms with Gasteiger partial charge in [0.25, 0.3) is 0 Å². The summed E-state index contributed by atoms with van der Waals surface area (Å²) in [6.07, 6.45) is 5.27. The van der Waals surface area contributed by atoms with E-state index in [1.54, 1.807) is 12.2 Å². The van der Waals surface area contributed by atoms with Crippen LogP contribution in [0.1, 0.15) is 19.4 Å². The average molecular weight is 284 g/mol. The molecule has 0 aliphatic heterocycles. The van der Waals surface area contributed by atoms with E-state index in [1.165, 1.54) is 0 Å². The molecule has 1 aromatic carbocycles. The molecule has 1 fully saturated rings. The van der Waals surface area contributed by atoms with Crippen LogP contribution in [0, 0.1) is 40.5 Å². The Morgan fingerprint density at radius 3 is 2.20 bits per heavy atom. The van der Waals surface area contributed by atoms with Crippen molar-refractivity contribution < 1.29 is 17.6 Å². The van der Waals surface area contributed by atoms with Gasteiger partial charge >= 0.3 is 0 Å². The van der Waals surface area contributed by atoms with Crippen LogP contribution in [0.4, 0.5) is 17.6 Å². The predicted molar refractivity (Wildman–Crippen MR) is 70.1 cm³/mol. The Morgan fingerprint density at radius 2 is 1.70 bits per heavy atom. The largest absolute Gasteiger partial charge is 0.204 e. The molecule has 0 N–H and O–H groups in total. The minimum atomic E-state index is -1.35. The first kappa shape index (κ1) is 14.8. The Labute approximate surface area is 115 Å². The minimum absolute atomic E-state index is 0.0223. The smallest absolute Gasteiger partial charge is 0.165 e. The predicted octanol–water partition coefficient (Wildman–Crippen LogP) is 4.80. The first-order chi connectivity index (χ1) is 9.30. The van der Waals surface area contributed by atoms with Crippen molar-refractivity contribution >= 4 is 0 Å². The van der Waals surface area contributed by atoms with Crippen molar-refractivity contribution in [2.45, 2.75) is 20.3 Å². The second-order valence-electron chi connectivity index (χ2n) is 5.73. The van der Waals surface area contributed by atoms with Crippen LogP contribution in [0.2, 0.25) is 0 Å². The molecule has 0 amide bonds. The maximum absolute atomic E-state index is 13.6. The van der Waals surface area contributed by atoms with Crippen molar-refractivity contribution in [3.63, 3.8) is 0 Å². The van der Waals surface area contributed by atoms with Crippen LogP contribution in [-0.4, -0.2) is 0 Å². The van der Waals surface area contributed by atoms with Gasteiger partial charge in [0.1, 0.15) is 0 Å². The molecule has 4 heteroatoms. The molecule has 2 atom stereocenters. The maximum atomic E-state index is 13.6. The van der Waals surface area contributed by atoms with Crippen molar-refractivity contribution in [1.82, 2.24) is 0 Å². The second kappa shape index (κ2) is 5.08. The van der Waals surface area contributed by atoms with Crippen molar-refractivity contribution in [1.29, 1.82) is 0 Å². The second-order valence-corrected chi connectivity index (χ2v) is 5.73. The van der Waals surface area contributed by atoms with Crippen LogP contribution in [-0.2, 0) is 6.42 Å². The van der Waals surface area contributed by atoms with Crippen LogP contribution in [0.5, 0.6) is 0 Å². The summed E-state index contributed by atoms with van der Waals surface area (Å²) in [5, 5.41) is 0. The molecule has 0 aromatic heterocycles. The number of rotatable bonds is 4. The highest BCUT2D eigenvalue weighted by molar-refractivity contribution is 5.27. The SMILES string of the molecule is C=C/C=C/[C@@H]1[C@@H](Cc2c(F)c(F)cc(F)c2F)C1(C)C. The van der Waals surface area contributed by atoms with E-state index in [1.807, 2.05) is 19.9 Å². The van der Waals surface area contributed by atoms with Crippen LogP contribution >= 0.6 is 0 Å². The van der Waals surface area contributed by atoms with Gasteiger partial charge in [0.05, 0.1) is 0 Å². The van der Waals surface area contributed by atoms with Gasteiger partial charge in [-0.05, 0) is 23.7 Å². The number of allylic oxidation sites excluding steroid dienone is 3. The monoisotopic (exact) mass is 284 g/mol. The van der Waals surface area contributed by atoms with Crippen LogP contribution in [0.15, 0.2) is 30.9 Å². The quantitative estimate of drug-likeness (QED) is 0.423. The maximum Gasteiger partial charge on any atom is 0.165 e. The molecule has 0 nitrogen and oxygen atoms in total. The lowest BCUT2D eigenvalue weighted by Gasteiger charge is -2.07. The highest BCUT2D eigenvalue weighted by Crippen LogP contribution is 2.60. The summed E-state index contributed by atoms with van der Waals surface area (Å²) < 4.78 is 53.6. The Bertz CT molecular complexity index is 546. The molecular weight excluding hydrogens is 268 g/mol. The first-order valence-corrected chi connectivity index (χ1v) is 6.41. The summed E-state index contributed by atoms with van der Waals surface area (Å²) >= 11 is 0. The highest BCUT2D eigenvalue weighted by Gasteiger charge is 2.55. The lowest BCUT2D eigenvalue weighted by atomic mass is 10.0. The molecular formula is C16H16F4. The average Bonchev–Trinajstić information content (AvgIpc) is 2.90. The first-order valence-electron chi connectivity index (χ1n) is 6.41. The van der Waals surface area contributed by atoms with Gasteiger partial charge in [0.15, 0.2) is 23.3 Å². The highest BCUT2D eigenvalue weighted by atomic mass is 19.2. The van der Waals surface area contributed by atoms with Gasteiger partial charge in [0, 0.05) is 11.6 Å². The van der Waals surface area contributed by atoms with Crippen molar-refractivity contribution in [3.8, 4) is 0 Å². The summed E-state index contributed by atoms with van der Waals surface area (Å²) in [6.45, 7) is 7.48. The Kier molecular flexibility index (Phi) is 3.76. The number of hydrogen-bond donors (Lipinski definition) is 0. The van der Waals surface area contributed by atoms with Crippen molar-refractivity contribution in [2.75, 3.05) is 0 Å². The van der Waals surface area contributed by atoms with Gasteiger partial charge in [-0.15, -0.1) is 0 Å². The third-order valence-electron chi connectivity index (χ3n) is 4.22. The third kappa shape index (κ3) is 2.39. The summed E-state index contributed by atoms with van der Waals surface area (Å²) in [7, 11) is 0. The molecule has 108 valence electrons. The van der Waals surface area contributed by atoms with E-state index in [0.717, 1.165) is 0 Å². The molecule has 1 aliphatic rings. The standard InChI is InChI=1S/C16H16F4/c1-4-5-6-10-11(16(10,2)3)7-9-14(19)12(17)8-13(18)15(9)20/h4-6,8,10-11H,1,7H2,2-3H3/b6-5+/t10-,11-/m1/s1. The van der Waals surface area contributed by atoms with Crippen LogP contribution in [0.3, 0.4) is 0 Å². The fourth-order valence-corrected chi connectivity index (χ4v) is 2.78. The van der Waals surface area contributed by atoms with Crippen LogP contribution in [0.25, 0.3) is 0 Å². The molecule has 0 spiro atoms. The normalized spacial score (nSPS) is 24.1. The number of hydrogen-bond acceptors (Lipinski definition) is 0. The molecule has 1 aromatic rings. The fourth-order valence-electron chi connectivity index (χ4n) is 2.78. The lowest BCUT2D eigenvalue weighted by Crippen LogP contribution is -2.05. The van der Waals surface area contributed by atoms with Crippen molar-refractivity contribution in [3.05, 3.63) is 59.7 Å². The number of halogens is 4. The van der Waals surface area contributed by atoms with Gasteiger partial charge in [-0.2, -0.15) is 0 Å². The van der Waals surface area contributed by atoms with Gasteiger partial charge < -0.3 is 0 Å². The minimum Gasteiger partial charge on any atom is -0.204 e. The van der Waals surface area contributed by atoms with Gasteiger partial charge in [-0.25, -0.2) is 17.6 Å². The third-order valence-corrected chi connectivity index (χ3v) is 4.22. The molecule has 0 bridgehead atoms. The van der Waals surface area contributed by atoms with E-state index in [-0.39, 0.29) is 29.7 Å². The molecule has 0 radical (unpaired) electrons. The zero-order valence-corrected chi connectivity index (χ0v) is 11.4. The summed E-state index contributed by atoms with van der Waals surface area (Å²) in [5.74, 6) is -5.23. The van der Waals surface area contributed by atoms with E-state index >= 15 is 0 Å². The zero-order valence-electron chi connectivity index (χ0n) is 11.4. The van der Waals surface area contributed by atoms with E-state index in [9.17, 15) is 17.6 Å². The van der Waals surface area contributed by atoms with Crippen LogP contribution < -0.4 is 0 Å². The van der Waals surface area contributed by atoms with E-state index < -0.39 is 28.8 Å². The van der Waals surface area contributed by atoms with Crippen molar-refractivity contribution in [2.24, 2.45) is 17.3 Å². The topological polar surface area (TPSA) is 0 Å². The fraction of sp³-hybridized carbons (Fsp3) is 0.375. The van der Waals surface area contributed by atoms with Gasteiger partial charge in [-0.3, -0.25) is 0 Å². The summed E-state index contributed by atoms with van der Waals surface area (Å²) in [6, 6.07) is 0.237. The molecule has 0 saturated heterocycles. The summed E-state index contributed by atoms with van der Waals surface area (Å²) in [5.41, 5.74) is -0.656.